The van der Waals surface area contributed by atoms with E-state index < -0.39 is 0 Å². The van der Waals surface area contributed by atoms with Gasteiger partial charge in [0, 0.05) is 17.5 Å². The Labute approximate surface area is 107 Å². The molecule has 2 rings (SSSR count). The van der Waals surface area contributed by atoms with E-state index in [1.54, 1.807) is 11.3 Å². The summed E-state index contributed by atoms with van der Waals surface area (Å²) < 4.78 is 0. The van der Waals surface area contributed by atoms with Gasteiger partial charge in [-0.05, 0) is 44.4 Å². The molecule has 2 N–H and O–H groups in total. The largest absolute Gasteiger partial charge is 0.350 e. The molecule has 0 saturated carbocycles. The molecule has 2 heterocycles. The van der Waals surface area contributed by atoms with E-state index in [2.05, 4.69) is 24.5 Å². The second kappa shape index (κ2) is 5.65. The maximum absolute atomic E-state index is 12.0. The van der Waals surface area contributed by atoms with Gasteiger partial charge >= 0.3 is 0 Å². The maximum atomic E-state index is 12.0. The first-order valence-electron chi connectivity index (χ1n) is 6.31. The summed E-state index contributed by atoms with van der Waals surface area (Å²) in [6.07, 6.45) is 3.40. The fourth-order valence-electron chi connectivity index (χ4n) is 2.22. The van der Waals surface area contributed by atoms with Crippen LogP contribution in [0.1, 0.15) is 39.9 Å². The number of carbonyl (C=O) groups is 1. The van der Waals surface area contributed by atoms with Crippen LogP contribution in [0.4, 0.5) is 0 Å². The number of carbonyl (C=O) groups excluding carboxylic acids is 1. The summed E-state index contributed by atoms with van der Waals surface area (Å²) >= 11 is 1.62. The van der Waals surface area contributed by atoms with Gasteiger partial charge in [-0.3, -0.25) is 4.79 Å². The Hall–Kier alpha value is -0.870. The number of hydrogen-bond acceptors (Lipinski definition) is 3. The van der Waals surface area contributed by atoms with Gasteiger partial charge in [-0.1, -0.05) is 6.92 Å². The van der Waals surface area contributed by atoms with Crippen molar-refractivity contribution < 1.29 is 4.79 Å². The van der Waals surface area contributed by atoms with E-state index in [1.807, 2.05) is 6.07 Å². The van der Waals surface area contributed by atoms with Gasteiger partial charge in [-0.2, -0.15) is 0 Å². The number of thiophene rings is 1. The van der Waals surface area contributed by atoms with Crippen molar-refractivity contribution in [2.24, 2.45) is 0 Å². The summed E-state index contributed by atoms with van der Waals surface area (Å²) in [7, 11) is 0. The Kier molecular flexibility index (Phi) is 4.18. The normalized spacial score (nSPS) is 19.5. The fourth-order valence-corrected chi connectivity index (χ4v) is 3.25. The Balaban J connectivity index is 1.89. The van der Waals surface area contributed by atoms with Gasteiger partial charge in [0.15, 0.2) is 0 Å². The molecular weight excluding hydrogens is 232 g/mol. The van der Waals surface area contributed by atoms with Crippen LogP contribution in [0, 0.1) is 6.92 Å². The molecule has 0 bridgehead atoms. The minimum absolute atomic E-state index is 0.0755. The van der Waals surface area contributed by atoms with Gasteiger partial charge in [0.05, 0.1) is 4.88 Å². The lowest BCUT2D eigenvalue weighted by Gasteiger charge is -2.10. The smallest absolute Gasteiger partial charge is 0.261 e. The van der Waals surface area contributed by atoms with Gasteiger partial charge < -0.3 is 10.6 Å². The molecule has 1 aliphatic rings. The summed E-state index contributed by atoms with van der Waals surface area (Å²) in [6.45, 7) is 6.03. The van der Waals surface area contributed by atoms with E-state index in [4.69, 9.17) is 0 Å². The standard InChI is InChI=1S/C13H20N2OS/c1-3-11-9(2)7-12(17-11)13(16)15-8-10-5-4-6-14-10/h7,10,14H,3-6,8H2,1-2H3,(H,15,16). The molecule has 0 radical (unpaired) electrons. The highest BCUT2D eigenvalue weighted by atomic mass is 32.1. The zero-order chi connectivity index (χ0) is 12.3. The maximum Gasteiger partial charge on any atom is 0.261 e. The van der Waals surface area contributed by atoms with Gasteiger partial charge in [-0.15, -0.1) is 11.3 Å². The molecule has 0 aromatic carbocycles. The van der Waals surface area contributed by atoms with Crippen molar-refractivity contribution in [3.05, 3.63) is 21.4 Å². The van der Waals surface area contributed by atoms with E-state index in [1.165, 1.54) is 23.3 Å². The Morgan fingerprint density at radius 3 is 3.06 bits per heavy atom. The molecule has 4 heteroatoms. The van der Waals surface area contributed by atoms with Crippen molar-refractivity contribution in [3.63, 3.8) is 0 Å². The molecule has 1 unspecified atom stereocenters. The summed E-state index contributed by atoms with van der Waals surface area (Å²) in [4.78, 5) is 14.1. The van der Waals surface area contributed by atoms with Crippen molar-refractivity contribution in [2.75, 3.05) is 13.1 Å². The van der Waals surface area contributed by atoms with E-state index in [-0.39, 0.29) is 5.91 Å². The summed E-state index contributed by atoms with van der Waals surface area (Å²) in [6, 6.07) is 2.46. The van der Waals surface area contributed by atoms with Crippen LogP contribution >= 0.6 is 11.3 Å². The van der Waals surface area contributed by atoms with Crippen molar-refractivity contribution in [3.8, 4) is 0 Å². The molecule has 1 aliphatic heterocycles. The van der Waals surface area contributed by atoms with Gasteiger partial charge in [-0.25, -0.2) is 0 Å². The SMILES string of the molecule is CCc1sc(C(=O)NCC2CCCN2)cc1C. The van der Waals surface area contributed by atoms with Crippen LogP contribution in [0.15, 0.2) is 6.07 Å². The van der Waals surface area contributed by atoms with Crippen molar-refractivity contribution in [1.29, 1.82) is 0 Å². The molecule has 94 valence electrons. The predicted molar refractivity (Wildman–Crippen MR) is 71.8 cm³/mol. The van der Waals surface area contributed by atoms with E-state index >= 15 is 0 Å². The van der Waals surface area contributed by atoms with E-state index in [0.717, 1.165) is 24.4 Å². The second-order valence-corrected chi connectivity index (χ2v) is 5.71. The second-order valence-electron chi connectivity index (χ2n) is 4.57. The summed E-state index contributed by atoms with van der Waals surface area (Å²) in [5.74, 6) is 0.0755. The molecule has 1 aromatic heterocycles. The quantitative estimate of drug-likeness (QED) is 0.861. The lowest BCUT2D eigenvalue weighted by molar-refractivity contribution is 0.0954. The molecule has 1 fully saturated rings. The first-order chi connectivity index (χ1) is 8.20. The van der Waals surface area contributed by atoms with Crippen LogP contribution in [0.5, 0.6) is 0 Å². The summed E-state index contributed by atoms with van der Waals surface area (Å²) in [5, 5.41) is 6.39. The van der Waals surface area contributed by atoms with Crippen LogP contribution in [0.3, 0.4) is 0 Å². The minimum atomic E-state index is 0.0755. The first kappa shape index (κ1) is 12.6. The minimum Gasteiger partial charge on any atom is -0.350 e. The molecule has 1 saturated heterocycles. The van der Waals surface area contributed by atoms with Crippen molar-refractivity contribution in [1.82, 2.24) is 10.6 Å². The topological polar surface area (TPSA) is 41.1 Å². The highest BCUT2D eigenvalue weighted by Crippen LogP contribution is 2.22. The van der Waals surface area contributed by atoms with Crippen LogP contribution in [0.2, 0.25) is 0 Å². The Bertz CT molecular complexity index is 394. The highest BCUT2D eigenvalue weighted by Gasteiger charge is 2.16. The lowest BCUT2D eigenvalue weighted by Crippen LogP contribution is -2.36. The number of amides is 1. The van der Waals surface area contributed by atoms with Crippen molar-refractivity contribution >= 4 is 17.2 Å². The monoisotopic (exact) mass is 252 g/mol. The van der Waals surface area contributed by atoms with Crippen molar-refractivity contribution in [2.45, 2.75) is 39.2 Å². The molecular formula is C13H20N2OS. The van der Waals surface area contributed by atoms with E-state index in [9.17, 15) is 4.79 Å². The highest BCUT2D eigenvalue weighted by molar-refractivity contribution is 7.14. The van der Waals surface area contributed by atoms with Gasteiger partial charge in [0.2, 0.25) is 0 Å². The molecule has 1 amide bonds. The first-order valence-corrected chi connectivity index (χ1v) is 7.13. The number of nitrogens with one attached hydrogen (secondary N) is 2. The molecule has 3 nitrogen and oxygen atoms in total. The average Bonchev–Trinajstić information content (AvgIpc) is 2.94. The van der Waals surface area contributed by atoms with E-state index in [0.29, 0.717) is 6.04 Å². The van der Waals surface area contributed by atoms with Gasteiger partial charge in [0.1, 0.15) is 0 Å². The number of rotatable bonds is 4. The number of hydrogen-bond donors (Lipinski definition) is 2. The molecule has 1 atom stereocenters. The zero-order valence-electron chi connectivity index (χ0n) is 10.5. The predicted octanol–water partition coefficient (Wildman–Crippen LogP) is 2.10. The molecule has 1 aromatic rings. The lowest BCUT2D eigenvalue weighted by atomic mass is 10.2. The third-order valence-electron chi connectivity index (χ3n) is 3.24. The third kappa shape index (κ3) is 3.07. The number of aryl methyl sites for hydroxylation is 2. The van der Waals surface area contributed by atoms with Crippen LogP contribution in [-0.4, -0.2) is 25.0 Å². The van der Waals surface area contributed by atoms with Crippen LogP contribution in [-0.2, 0) is 6.42 Å². The fraction of sp³-hybridized carbons (Fsp3) is 0.615. The summed E-state index contributed by atoms with van der Waals surface area (Å²) in [5.41, 5.74) is 1.24. The molecule has 0 aliphatic carbocycles. The Morgan fingerprint density at radius 1 is 1.65 bits per heavy atom. The molecule has 0 spiro atoms. The zero-order valence-corrected chi connectivity index (χ0v) is 11.3. The van der Waals surface area contributed by atoms with Gasteiger partial charge in [0.25, 0.3) is 5.91 Å². The van der Waals surface area contributed by atoms with Crippen LogP contribution in [0.25, 0.3) is 0 Å². The average molecular weight is 252 g/mol. The molecule has 17 heavy (non-hydrogen) atoms. The van der Waals surface area contributed by atoms with Crippen LogP contribution < -0.4 is 10.6 Å². The third-order valence-corrected chi connectivity index (χ3v) is 4.62. The Morgan fingerprint density at radius 2 is 2.47 bits per heavy atom.